The molecule has 1 aliphatic carbocycles. The molecule has 14 heavy (non-hydrogen) atoms. The summed E-state index contributed by atoms with van der Waals surface area (Å²) in [5, 5.41) is 10.4. The molecule has 1 aromatic carbocycles. The quantitative estimate of drug-likeness (QED) is 0.756. The van der Waals surface area contributed by atoms with E-state index in [-0.39, 0.29) is 6.10 Å². The predicted molar refractivity (Wildman–Crippen MR) is 58.5 cm³/mol. The van der Waals surface area contributed by atoms with Crippen LogP contribution in [0.3, 0.4) is 0 Å². The van der Waals surface area contributed by atoms with Gasteiger partial charge < -0.3 is 5.11 Å². The van der Waals surface area contributed by atoms with Crippen LogP contribution in [-0.4, -0.2) is 11.2 Å². The first-order valence-corrected chi connectivity index (χ1v) is 5.42. The maximum atomic E-state index is 9.65. The molecule has 2 rings (SSSR count). The maximum Gasteiger partial charge on any atom is 0.0603 e. The summed E-state index contributed by atoms with van der Waals surface area (Å²) in [5.41, 5.74) is 1.29. The molecular weight excluding hydrogens is 196 g/mol. The van der Waals surface area contributed by atoms with E-state index in [9.17, 15) is 5.11 Å². The van der Waals surface area contributed by atoms with Crippen molar-refractivity contribution in [3.05, 3.63) is 34.9 Å². The summed E-state index contributed by atoms with van der Waals surface area (Å²) in [4.78, 5) is 0. The van der Waals surface area contributed by atoms with Gasteiger partial charge in [-0.25, -0.2) is 0 Å². The second kappa shape index (κ2) is 3.56. The second-order valence-corrected chi connectivity index (χ2v) is 4.72. The van der Waals surface area contributed by atoms with Crippen LogP contribution in [0, 0.1) is 11.8 Å². The lowest BCUT2D eigenvalue weighted by molar-refractivity contribution is -0.0474. The van der Waals surface area contributed by atoms with Gasteiger partial charge in [0.05, 0.1) is 6.10 Å². The van der Waals surface area contributed by atoms with Crippen molar-refractivity contribution in [2.75, 3.05) is 0 Å². The van der Waals surface area contributed by atoms with Crippen LogP contribution in [0.1, 0.15) is 25.3 Å². The van der Waals surface area contributed by atoms with Crippen LogP contribution in [0.15, 0.2) is 24.3 Å². The highest BCUT2D eigenvalue weighted by Crippen LogP contribution is 2.47. The fourth-order valence-electron chi connectivity index (χ4n) is 2.53. The largest absolute Gasteiger partial charge is 0.393 e. The zero-order valence-corrected chi connectivity index (χ0v) is 9.20. The van der Waals surface area contributed by atoms with E-state index in [1.54, 1.807) is 0 Å². The number of rotatable bonds is 1. The van der Waals surface area contributed by atoms with Crippen LogP contribution in [0.4, 0.5) is 0 Å². The van der Waals surface area contributed by atoms with Gasteiger partial charge in [0.25, 0.3) is 0 Å². The average Bonchev–Trinajstić information content (AvgIpc) is 2.21. The number of hydrogen-bond donors (Lipinski definition) is 1. The molecular formula is C12H15ClO. The summed E-state index contributed by atoms with van der Waals surface area (Å²) in [6.45, 7) is 4.20. The highest BCUT2D eigenvalue weighted by molar-refractivity contribution is 6.30. The first kappa shape index (κ1) is 10.0. The molecule has 2 heteroatoms. The van der Waals surface area contributed by atoms with E-state index < -0.39 is 0 Å². The summed E-state index contributed by atoms with van der Waals surface area (Å²) < 4.78 is 0. The SMILES string of the molecule is CC1C(O)C(C)C1c1ccc(Cl)cc1. The van der Waals surface area contributed by atoms with Crippen molar-refractivity contribution >= 4 is 11.6 Å². The standard InChI is InChI=1S/C12H15ClO/c1-7-11(8(2)12(7)14)9-3-5-10(13)6-4-9/h3-8,11-12,14H,1-2H3. The van der Waals surface area contributed by atoms with Crippen LogP contribution in [0.2, 0.25) is 5.02 Å². The Balaban J connectivity index is 2.20. The molecule has 0 heterocycles. The van der Waals surface area contributed by atoms with E-state index in [2.05, 4.69) is 26.0 Å². The Hall–Kier alpha value is -0.530. The van der Waals surface area contributed by atoms with Crippen molar-refractivity contribution in [1.29, 1.82) is 0 Å². The Kier molecular flexibility index (Phi) is 2.54. The van der Waals surface area contributed by atoms with Gasteiger partial charge in [-0.15, -0.1) is 0 Å². The monoisotopic (exact) mass is 210 g/mol. The van der Waals surface area contributed by atoms with Gasteiger partial charge in [-0.3, -0.25) is 0 Å². The number of aliphatic hydroxyl groups is 1. The van der Waals surface area contributed by atoms with Gasteiger partial charge in [0, 0.05) is 5.02 Å². The van der Waals surface area contributed by atoms with Gasteiger partial charge in [-0.1, -0.05) is 37.6 Å². The summed E-state index contributed by atoms with van der Waals surface area (Å²) in [5.74, 6) is 1.22. The van der Waals surface area contributed by atoms with Gasteiger partial charge in [0.2, 0.25) is 0 Å². The van der Waals surface area contributed by atoms with Crippen molar-refractivity contribution in [3.8, 4) is 0 Å². The summed E-state index contributed by atoms with van der Waals surface area (Å²) in [6, 6.07) is 7.96. The molecule has 1 fully saturated rings. The molecule has 1 nitrogen and oxygen atoms in total. The minimum atomic E-state index is -0.143. The number of aliphatic hydroxyl groups excluding tert-OH is 1. The Morgan fingerprint density at radius 1 is 1.07 bits per heavy atom. The molecule has 0 saturated heterocycles. The summed E-state index contributed by atoms with van der Waals surface area (Å²) >= 11 is 5.83. The van der Waals surface area contributed by atoms with Crippen molar-refractivity contribution in [1.82, 2.24) is 0 Å². The Morgan fingerprint density at radius 2 is 1.57 bits per heavy atom. The molecule has 76 valence electrons. The number of halogens is 1. The highest BCUT2D eigenvalue weighted by Gasteiger charge is 2.44. The van der Waals surface area contributed by atoms with Crippen LogP contribution in [-0.2, 0) is 0 Å². The lowest BCUT2D eigenvalue weighted by Gasteiger charge is -2.46. The van der Waals surface area contributed by atoms with Crippen molar-refractivity contribution < 1.29 is 5.11 Å². The van der Waals surface area contributed by atoms with Gasteiger partial charge in [0.15, 0.2) is 0 Å². The molecule has 1 aliphatic rings. The third-order valence-electron chi connectivity index (χ3n) is 3.47. The Bertz CT molecular complexity index is 310. The van der Waals surface area contributed by atoms with Crippen LogP contribution < -0.4 is 0 Å². The third kappa shape index (κ3) is 1.45. The fourth-order valence-corrected chi connectivity index (χ4v) is 2.66. The molecule has 1 N–H and O–H groups in total. The first-order valence-electron chi connectivity index (χ1n) is 5.05. The molecule has 2 atom stereocenters. The van der Waals surface area contributed by atoms with E-state index in [4.69, 9.17) is 11.6 Å². The highest BCUT2D eigenvalue weighted by atomic mass is 35.5. The van der Waals surface area contributed by atoms with E-state index in [1.807, 2.05) is 12.1 Å². The number of hydrogen-bond acceptors (Lipinski definition) is 1. The third-order valence-corrected chi connectivity index (χ3v) is 3.72. The molecule has 2 unspecified atom stereocenters. The van der Waals surface area contributed by atoms with Crippen molar-refractivity contribution in [3.63, 3.8) is 0 Å². The Labute approximate surface area is 89.7 Å². The Morgan fingerprint density at radius 3 is 2.07 bits per heavy atom. The molecule has 1 aromatic rings. The van der Waals surface area contributed by atoms with Gasteiger partial charge in [-0.2, -0.15) is 0 Å². The maximum absolute atomic E-state index is 9.65. The van der Waals surface area contributed by atoms with Crippen LogP contribution >= 0.6 is 11.6 Å². The predicted octanol–water partition coefficient (Wildman–Crippen LogP) is 3.07. The molecule has 0 aliphatic heterocycles. The molecule has 1 saturated carbocycles. The molecule has 0 radical (unpaired) electrons. The smallest absolute Gasteiger partial charge is 0.0603 e. The van der Waals surface area contributed by atoms with Crippen LogP contribution in [0.25, 0.3) is 0 Å². The van der Waals surface area contributed by atoms with E-state index in [1.165, 1.54) is 5.56 Å². The lowest BCUT2D eigenvalue weighted by atomic mass is 9.61. The number of benzene rings is 1. The fraction of sp³-hybridized carbons (Fsp3) is 0.500. The minimum Gasteiger partial charge on any atom is -0.393 e. The van der Waals surface area contributed by atoms with Gasteiger partial charge >= 0.3 is 0 Å². The molecule has 0 aromatic heterocycles. The first-order chi connectivity index (χ1) is 6.61. The van der Waals surface area contributed by atoms with Crippen molar-refractivity contribution in [2.24, 2.45) is 11.8 Å². The lowest BCUT2D eigenvalue weighted by Crippen LogP contribution is -2.46. The topological polar surface area (TPSA) is 20.2 Å². The summed E-state index contributed by atoms with van der Waals surface area (Å²) in [7, 11) is 0. The molecule has 0 spiro atoms. The average molecular weight is 211 g/mol. The van der Waals surface area contributed by atoms with E-state index in [0.29, 0.717) is 17.8 Å². The van der Waals surface area contributed by atoms with Crippen molar-refractivity contribution in [2.45, 2.75) is 25.9 Å². The zero-order chi connectivity index (χ0) is 10.3. The zero-order valence-electron chi connectivity index (χ0n) is 8.44. The minimum absolute atomic E-state index is 0.143. The normalized spacial score (nSPS) is 36.6. The van der Waals surface area contributed by atoms with Gasteiger partial charge in [-0.05, 0) is 35.4 Å². The molecule has 0 amide bonds. The van der Waals surface area contributed by atoms with Gasteiger partial charge in [0.1, 0.15) is 0 Å². The summed E-state index contributed by atoms with van der Waals surface area (Å²) in [6.07, 6.45) is -0.143. The van der Waals surface area contributed by atoms with E-state index >= 15 is 0 Å². The van der Waals surface area contributed by atoms with E-state index in [0.717, 1.165) is 5.02 Å². The second-order valence-electron chi connectivity index (χ2n) is 4.29. The molecule has 0 bridgehead atoms. The van der Waals surface area contributed by atoms with Crippen LogP contribution in [0.5, 0.6) is 0 Å².